The maximum atomic E-state index is 12.0. The van der Waals surface area contributed by atoms with Gasteiger partial charge in [0.1, 0.15) is 0 Å². The molecule has 0 saturated carbocycles. The quantitative estimate of drug-likeness (QED) is 0.831. The van der Waals surface area contributed by atoms with E-state index in [1.54, 1.807) is 0 Å². The molecule has 1 atom stereocenters. The lowest BCUT2D eigenvalue weighted by molar-refractivity contribution is -0.0331. The van der Waals surface area contributed by atoms with Gasteiger partial charge in [-0.2, -0.15) is 13.2 Å². The number of hydrogen-bond donors (Lipinski definition) is 1. The third-order valence-corrected chi connectivity index (χ3v) is 3.93. The summed E-state index contributed by atoms with van der Waals surface area (Å²) in [6, 6.07) is 0. The molecule has 1 heterocycles. The fourth-order valence-electron chi connectivity index (χ4n) is 1.96. The zero-order valence-electron chi connectivity index (χ0n) is 9.73. The molecule has 0 bridgehead atoms. The number of thioether (sulfide) groups is 1. The molecule has 0 aromatic heterocycles. The summed E-state index contributed by atoms with van der Waals surface area (Å²) in [7, 11) is 0. The second-order valence-corrected chi connectivity index (χ2v) is 5.47. The summed E-state index contributed by atoms with van der Waals surface area (Å²) in [6.07, 6.45) is 0.955. The molecule has 0 aromatic rings. The molecule has 1 unspecified atom stereocenters. The van der Waals surface area contributed by atoms with Gasteiger partial charge in [-0.1, -0.05) is 6.92 Å². The lowest BCUT2D eigenvalue weighted by atomic mass is 9.94. The van der Waals surface area contributed by atoms with Crippen molar-refractivity contribution in [3.63, 3.8) is 0 Å². The van der Waals surface area contributed by atoms with Gasteiger partial charge in [-0.15, -0.1) is 0 Å². The van der Waals surface area contributed by atoms with Crippen LogP contribution in [-0.4, -0.2) is 47.9 Å². The van der Waals surface area contributed by atoms with Crippen molar-refractivity contribution in [1.29, 1.82) is 0 Å². The van der Waals surface area contributed by atoms with Crippen LogP contribution >= 0.6 is 11.8 Å². The number of rotatable bonds is 4. The van der Waals surface area contributed by atoms with Crippen LogP contribution in [0.15, 0.2) is 0 Å². The van der Waals surface area contributed by atoms with Gasteiger partial charge in [-0.25, -0.2) is 0 Å². The molecule has 0 amide bonds. The lowest BCUT2D eigenvalue weighted by Crippen LogP contribution is -2.59. The largest absolute Gasteiger partial charge is 0.441 e. The highest BCUT2D eigenvalue weighted by Crippen LogP contribution is 2.30. The van der Waals surface area contributed by atoms with Gasteiger partial charge in [0.05, 0.1) is 0 Å². The molecule has 16 heavy (non-hydrogen) atoms. The Balaban J connectivity index is 2.39. The van der Waals surface area contributed by atoms with Crippen molar-refractivity contribution in [2.24, 2.45) is 0 Å². The van der Waals surface area contributed by atoms with Gasteiger partial charge in [-0.05, 0) is 25.1 Å². The van der Waals surface area contributed by atoms with E-state index in [0.717, 1.165) is 26.1 Å². The smallest absolute Gasteiger partial charge is 0.314 e. The number of hydrogen-bond acceptors (Lipinski definition) is 3. The van der Waals surface area contributed by atoms with Gasteiger partial charge in [-0.3, -0.25) is 4.90 Å². The van der Waals surface area contributed by atoms with Crippen molar-refractivity contribution in [3.05, 3.63) is 0 Å². The second kappa shape index (κ2) is 5.60. The third-order valence-electron chi connectivity index (χ3n) is 3.22. The average Bonchev–Trinajstić information content (AvgIpc) is 2.19. The Morgan fingerprint density at radius 1 is 1.44 bits per heavy atom. The van der Waals surface area contributed by atoms with E-state index in [9.17, 15) is 13.2 Å². The number of nitrogens with one attached hydrogen (secondary N) is 1. The molecule has 1 N–H and O–H groups in total. The molecule has 6 heteroatoms. The van der Waals surface area contributed by atoms with Crippen LogP contribution in [0.1, 0.15) is 20.3 Å². The Labute approximate surface area is 98.9 Å². The minimum absolute atomic E-state index is 0.00437. The molecule has 1 rings (SSSR count). The second-order valence-electron chi connectivity index (χ2n) is 4.31. The fraction of sp³-hybridized carbons (Fsp3) is 1.00. The Hall–Kier alpha value is 0.0600. The van der Waals surface area contributed by atoms with E-state index in [1.165, 1.54) is 0 Å². The van der Waals surface area contributed by atoms with Gasteiger partial charge in [0.2, 0.25) is 0 Å². The van der Waals surface area contributed by atoms with Crippen LogP contribution in [-0.2, 0) is 0 Å². The fourth-order valence-corrected chi connectivity index (χ4v) is 2.50. The molecule has 96 valence electrons. The predicted molar refractivity (Wildman–Crippen MR) is 61.7 cm³/mol. The van der Waals surface area contributed by atoms with E-state index in [4.69, 9.17) is 0 Å². The number of halogens is 3. The lowest BCUT2D eigenvalue weighted by Gasteiger charge is -2.45. The molecule has 1 saturated heterocycles. The van der Waals surface area contributed by atoms with Crippen LogP contribution in [0.3, 0.4) is 0 Å². The predicted octanol–water partition coefficient (Wildman–Crippen LogP) is 2.31. The molecule has 1 fully saturated rings. The molecule has 0 aliphatic carbocycles. The van der Waals surface area contributed by atoms with E-state index in [2.05, 4.69) is 24.1 Å². The first kappa shape index (κ1) is 14.1. The van der Waals surface area contributed by atoms with Crippen LogP contribution in [0.4, 0.5) is 13.2 Å². The highest BCUT2D eigenvalue weighted by Gasteiger charge is 2.34. The Morgan fingerprint density at radius 3 is 2.69 bits per heavy atom. The van der Waals surface area contributed by atoms with Gasteiger partial charge in [0, 0.05) is 37.5 Å². The van der Waals surface area contributed by atoms with Crippen molar-refractivity contribution in [2.75, 3.05) is 31.9 Å². The molecule has 0 radical (unpaired) electrons. The topological polar surface area (TPSA) is 15.3 Å². The maximum absolute atomic E-state index is 12.0. The summed E-state index contributed by atoms with van der Waals surface area (Å²) >= 11 is 0.0764. The first-order valence-corrected chi connectivity index (χ1v) is 6.52. The summed E-state index contributed by atoms with van der Waals surface area (Å²) in [5.74, 6) is 0.124. The normalized spacial score (nSPS) is 28.3. The molecule has 0 spiro atoms. The molecular formula is C10H19F3N2S. The van der Waals surface area contributed by atoms with Gasteiger partial charge >= 0.3 is 5.51 Å². The number of alkyl halides is 3. The van der Waals surface area contributed by atoms with E-state index in [-0.39, 0.29) is 23.1 Å². The zero-order valence-corrected chi connectivity index (χ0v) is 10.5. The van der Waals surface area contributed by atoms with Crippen LogP contribution < -0.4 is 5.32 Å². The first-order valence-electron chi connectivity index (χ1n) is 5.54. The van der Waals surface area contributed by atoms with Crippen LogP contribution in [0.2, 0.25) is 0 Å². The summed E-state index contributed by atoms with van der Waals surface area (Å²) in [5, 5.41) is 3.29. The van der Waals surface area contributed by atoms with E-state index in [1.807, 2.05) is 0 Å². The molecule has 0 aromatic carbocycles. The molecule has 2 nitrogen and oxygen atoms in total. The van der Waals surface area contributed by atoms with E-state index < -0.39 is 5.51 Å². The summed E-state index contributed by atoms with van der Waals surface area (Å²) in [5.41, 5.74) is -4.10. The Kier molecular flexibility index (Phi) is 4.94. The minimum atomic E-state index is -4.10. The van der Waals surface area contributed by atoms with Crippen LogP contribution in [0, 0.1) is 0 Å². The van der Waals surface area contributed by atoms with Crippen molar-refractivity contribution in [1.82, 2.24) is 10.2 Å². The van der Waals surface area contributed by atoms with Crippen LogP contribution in [0.25, 0.3) is 0 Å². The van der Waals surface area contributed by atoms with Crippen molar-refractivity contribution >= 4 is 11.8 Å². The summed E-state index contributed by atoms with van der Waals surface area (Å²) < 4.78 is 36.0. The van der Waals surface area contributed by atoms with Gasteiger partial charge < -0.3 is 5.32 Å². The molecular weight excluding hydrogens is 237 g/mol. The Bertz CT molecular complexity index is 223. The highest BCUT2D eigenvalue weighted by atomic mass is 32.2. The summed E-state index contributed by atoms with van der Waals surface area (Å²) in [4.78, 5) is 2.17. The number of piperazine rings is 1. The van der Waals surface area contributed by atoms with Crippen molar-refractivity contribution in [2.45, 2.75) is 31.3 Å². The highest BCUT2D eigenvalue weighted by molar-refractivity contribution is 8.00. The number of nitrogens with zero attached hydrogens (tertiary/aromatic N) is 1. The minimum Gasteiger partial charge on any atom is -0.314 e. The third kappa shape index (κ3) is 4.14. The zero-order chi connectivity index (χ0) is 12.2. The SMILES string of the molecule is CCC1(C)CNCCN1CCSC(F)(F)F. The van der Waals surface area contributed by atoms with Crippen molar-refractivity contribution < 1.29 is 13.2 Å². The monoisotopic (exact) mass is 256 g/mol. The van der Waals surface area contributed by atoms with Gasteiger partial charge in [0.15, 0.2) is 0 Å². The standard InChI is InChI=1S/C10H19F3N2S/c1-3-9(2)8-14-4-5-15(9)6-7-16-10(11,12)13/h14H,3-8H2,1-2H3. The summed E-state index contributed by atoms with van der Waals surface area (Å²) in [6.45, 7) is 7.26. The molecule has 1 aliphatic heterocycles. The van der Waals surface area contributed by atoms with Gasteiger partial charge in [0.25, 0.3) is 0 Å². The van der Waals surface area contributed by atoms with Crippen LogP contribution in [0.5, 0.6) is 0 Å². The molecule has 1 aliphatic rings. The average molecular weight is 256 g/mol. The van der Waals surface area contributed by atoms with E-state index in [0.29, 0.717) is 6.54 Å². The van der Waals surface area contributed by atoms with E-state index >= 15 is 0 Å². The van der Waals surface area contributed by atoms with Crippen molar-refractivity contribution in [3.8, 4) is 0 Å². The first-order chi connectivity index (χ1) is 7.37. The maximum Gasteiger partial charge on any atom is 0.441 e. The Morgan fingerprint density at radius 2 is 2.12 bits per heavy atom.